The molecule has 0 aliphatic rings. The Labute approximate surface area is 127 Å². The highest BCUT2D eigenvalue weighted by atomic mass is 16.4. The zero-order valence-corrected chi connectivity index (χ0v) is 12.4. The molecule has 22 heavy (non-hydrogen) atoms. The summed E-state index contributed by atoms with van der Waals surface area (Å²) in [6.07, 6.45) is 0.916. The lowest BCUT2D eigenvalue weighted by atomic mass is 10.0. The molecule has 2 rings (SSSR count). The highest BCUT2D eigenvalue weighted by Crippen LogP contribution is 2.20. The third kappa shape index (κ3) is 2.98. The third-order valence-corrected chi connectivity index (χ3v) is 3.51. The lowest BCUT2D eigenvalue weighted by molar-refractivity contribution is -0.146. The van der Waals surface area contributed by atoms with Crippen molar-refractivity contribution in [3.8, 4) is 0 Å². The Hall–Kier alpha value is -2.70. The van der Waals surface area contributed by atoms with Gasteiger partial charge < -0.3 is 10.2 Å². The molecule has 0 saturated heterocycles. The Morgan fingerprint density at radius 2 is 1.77 bits per heavy atom. The van der Waals surface area contributed by atoms with Gasteiger partial charge in [0.15, 0.2) is 11.2 Å². The molecule has 0 aliphatic heterocycles. The molecule has 1 aromatic heterocycles. The van der Waals surface area contributed by atoms with Crippen LogP contribution >= 0.6 is 0 Å². The van der Waals surface area contributed by atoms with Crippen LogP contribution in [-0.2, 0) is 23.2 Å². The first-order valence-electron chi connectivity index (χ1n) is 6.79. The third-order valence-electron chi connectivity index (χ3n) is 3.51. The van der Waals surface area contributed by atoms with Crippen molar-refractivity contribution in [1.82, 2.24) is 15.0 Å². The first-order valence-corrected chi connectivity index (χ1v) is 6.79. The zero-order chi connectivity index (χ0) is 16.3. The van der Waals surface area contributed by atoms with E-state index in [0.29, 0.717) is 18.5 Å². The quantitative estimate of drug-likeness (QED) is 0.839. The summed E-state index contributed by atoms with van der Waals surface area (Å²) < 4.78 is 1.18. The van der Waals surface area contributed by atoms with Gasteiger partial charge in [-0.1, -0.05) is 35.5 Å². The molecule has 1 heterocycles. The summed E-state index contributed by atoms with van der Waals surface area (Å²) in [5, 5.41) is 25.9. The predicted octanol–water partition coefficient (Wildman–Crippen LogP) is 1.58. The van der Waals surface area contributed by atoms with Crippen LogP contribution in [-0.4, -0.2) is 37.1 Å². The highest BCUT2D eigenvalue weighted by molar-refractivity contribution is 5.86. The lowest BCUT2D eigenvalue weighted by Crippen LogP contribution is -2.38. The zero-order valence-electron chi connectivity index (χ0n) is 12.4. The van der Waals surface area contributed by atoms with E-state index in [1.54, 1.807) is 0 Å². The first kappa shape index (κ1) is 15.7. The van der Waals surface area contributed by atoms with E-state index in [0.717, 1.165) is 5.56 Å². The van der Waals surface area contributed by atoms with Crippen LogP contribution in [0.4, 0.5) is 0 Å². The Kier molecular flexibility index (Phi) is 4.25. The van der Waals surface area contributed by atoms with Crippen LogP contribution in [0.15, 0.2) is 30.3 Å². The maximum atomic E-state index is 11.4. The van der Waals surface area contributed by atoms with E-state index in [-0.39, 0.29) is 5.69 Å². The van der Waals surface area contributed by atoms with Gasteiger partial charge in [0.1, 0.15) is 0 Å². The molecular weight excluding hydrogens is 286 g/mol. The molecule has 0 atom stereocenters. The standard InChI is InChI=1S/C15H17N3O4/c1-15(2,14(21)22)18-11(12(13(19)20)16-17-18)9-8-10-6-4-3-5-7-10/h3-7H,8-9H2,1-2H3,(H,19,20)(H,21,22). The van der Waals surface area contributed by atoms with E-state index < -0.39 is 17.5 Å². The van der Waals surface area contributed by atoms with E-state index in [2.05, 4.69) is 10.3 Å². The number of aryl methyl sites for hydroxylation is 1. The minimum atomic E-state index is -1.37. The van der Waals surface area contributed by atoms with E-state index >= 15 is 0 Å². The van der Waals surface area contributed by atoms with Gasteiger partial charge in [-0.25, -0.2) is 14.3 Å². The highest BCUT2D eigenvalue weighted by Gasteiger charge is 2.35. The number of hydrogen-bond donors (Lipinski definition) is 2. The van der Waals surface area contributed by atoms with Crippen molar-refractivity contribution in [2.45, 2.75) is 32.2 Å². The lowest BCUT2D eigenvalue weighted by Gasteiger charge is -2.21. The van der Waals surface area contributed by atoms with Gasteiger partial charge in [-0.05, 0) is 32.3 Å². The fourth-order valence-corrected chi connectivity index (χ4v) is 2.14. The molecule has 0 aliphatic carbocycles. The van der Waals surface area contributed by atoms with Crippen LogP contribution in [0.25, 0.3) is 0 Å². The number of carboxylic acid groups (broad SMARTS) is 2. The van der Waals surface area contributed by atoms with Gasteiger partial charge in [0.2, 0.25) is 0 Å². The van der Waals surface area contributed by atoms with Crippen LogP contribution in [0.3, 0.4) is 0 Å². The molecule has 0 spiro atoms. The molecule has 7 heteroatoms. The minimum absolute atomic E-state index is 0.203. The van der Waals surface area contributed by atoms with Crippen molar-refractivity contribution < 1.29 is 19.8 Å². The van der Waals surface area contributed by atoms with Crippen molar-refractivity contribution in [3.63, 3.8) is 0 Å². The number of carbonyl (C=O) groups is 2. The Bertz CT molecular complexity index is 692. The summed E-state index contributed by atoms with van der Waals surface area (Å²) in [7, 11) is 0. The van der Waals surface area contributed by atoms with Crippen molar-refractivity contribution in [2.75, 3.05) is 0 Å². The number of carboxylic acids is 2. The van der Waals surface area contributed by atoms with Crippen molar-refractivity contribution in [1.29, 1.82) is 0 Å². The summed E-state index contributed by atoms with van der Waals surface area (Å²) in [5.41, 5.74) is -0.235. The molecule has 1 aromatic carbocycles. The smallest absolute Gasteiger partial charge is 0.358 e. The van der Waals surface area contributed by atoms with E-state index in [9.17, 15) is 19.8 Å². The molecule has 0 bridgehead atoms. The van der Waals surface area contributed by atoms with Gasteiger partial charge in [-0.3, -0.25) is 0 Å². The largest absolute Gasteiger partial charge is 0.479 e. The predicted molar refractivity (Wildman–Crippen MR) is 77.8 cm³/mol. The topological polar surface area (TPSA) is 105 Å². The maximum absolute atomic E-state index is 11.4. The number of benzene rings is 1. The molecule has 0 fully saturated rings. The second kappa shape index (κ2) is 5.97. The monoisotopic (exact) mass is 303 g/mol. The van der Waals surface area contributed by atoms with Crippen molar-refractivity contribution >= 4 is 11.9 Å². The molecule has 2 aromatic rings. The number of rotatable bonds is 6. The summed E-state index contributed by atoms with van der Waals surface area (Å²) in [5.74, 6) is -2.31. The summed E-state index contributed by atoms with van der Waals surface area (Å²) in [6.45, 7) is 2.92. The molecule has 0 saturated carbocycles. The molecule has 0 amide bonds. The van der Waals surface area contributed by atoms with Crippen LogP contribution in [0, 0.1) is 0 Å². The number of aliphatic carboxylic acids is 1. The average Bonchev–Trinajstić information content (AvgIpc) is 2.90. The van der Waals surface area contributed by atoms with E-state index in [4.69, 9.17) is 0 Å². The van der Waals surface area contributed by atoms with Gasteiger partial charge in [0.25, 0.3) is 0 Å². The normalized spacial score (nSPS) is 11.4. The molecule has 0 unspecified atom stereocenters. The van der Waals surface area contributed by atoms with Crippen molar-refractivity contribution in [3.05, 3.63) is 47.3 Å². The number of nitrogens with zero attached hydrogens (tertiary/aromatic N) is 3. The number of aromatic carboxylic acids is 1. The fourth-order valence-electron chi connectivity index (χ4n) is 2.14. The van der Waals surface area contributed by atoms with Crippen molar-refractivity contribution in [2.24, 2.45) is 0 Å². The first-order chi connectivity index (χ1) is 10.3. The second-order valence-electron chi connectivity index (χ2n) is 5.45. The number of hydrogen-bond acceptors (Lipinski definition) is 4. The fraction of sp³-hybridized carbons (Fsp3) is 0.333. The average molecular weight is 303 g/mol. The Morgan fingerprint density at radius 3 is 2.32 bits per heavy atom. The molecule has 7 nitrogen and oxygen atoms in total. The van der Waals surface area contributed by atoms with E-state index in [1.165, 1.54) is 18.5 Å². The van der Waals surface area contributed by atoms with Crippen LogP contribution in [0.2, 0.25) is 0 Å². The van der Waals surface area contributed by atoms with Crippen LogP contribution in [0.1, 0.15) is 35.6 Å². The summed E-state index contributed by atoms with van der Waals surface area (Å²) in [4.78, 5) is 22.7. The summed E-state index contributed by atoms with van der Waals surface area (Å²) in [6, 6.07) is 9.54. The molecular formula is C15H17N3O4. The minimum Gasteiger partial charge on any atom is -0.479 e. The second-order valence-corrected chi connectivity index (χ2v) is 5.45. The van der Waals surface area contributed by atoms with Gasteiger partial charge in [0, 0.05) is 0 Å². The Morgan fingerprint density at radius 1 is 1.14 bits per heavy atom. The van der Waals surface area contributed by atoms with Gasteiger partial charge in [-0.2, -0.15) is 0 Å². The van der Waals surface area contributed by atoms with E-state index in [1.807, 2.05) is 30.3 Å². The van der Waals surface area contributed by atoms with Gasteiger partial charge >= 0.3 is 11.9 Å². The van der Waals surface area contributed by atoms with Gasteiger partial charge in [-0.15, -0.1) is 5.10 Å². The molecule has 0 radical (unpaired) electrons. The molecule has 116 valence electrons. The van der Waals surface area contributed by atoms with Crippen LogP contribution < -0.4 is 0 Å². The summed E-state index contributed by atoms with van der Waals surface area (Å²) >= 11 is 0. The SMILES string of the molecule is CC(C)(C(=O)O)n1nnc(C(=O)O)c1CCc1ccccc1. The van der Waals surface area contributed by atoms with Gasteiger partial charge in [0.05, 0.1) is 5.69 Å². The van der Waals surface area contributed by atoms with Crippen LogP contribution in [0.5, 0.6) is 0 Å². The maximum Gasteiger partial charge on any atom is 0.358 e. The Balaban J connectivity index is 2.37. The molecule has 2 N–H and O–H groups in total. The number of aromatic nitrogens is 3.